The van der Waals surface area contributed by atoms with Gasteiger partial charge in [-0.3, -0.25) is 0 Å². The molecule has 0 atom stereocenters. The van der Waals surface area contributed by atoms with Gasteiger partial charge in [0.15, 0.2) is 0 Å². The molecular formula is C10H12BrN5S. The van der Waals surface area contributed by atoms with Gasteiger partial charge >= 0.3 is 0 Å². The molecule has 0 aliphatic rings. The van der Waals surface area contributed by atoms with Gasteiger partial charge in [0, 0.05) is 18.6 Å². The molecule has 7 heteroatoms. The molecule has 0 radical (unpaired) electrons. The first-order valence-electron chi connectivity index (χ1n) is 4.96. The van der Waals surface area contributed by atoms with Crippen molar-refractivity contribution in [1.29, 1.82) is 0 Å². The van der Waals surface area contributed by atoms with Crippen LogP contribution >= 0.6 is 27.3 Å². The highest BCUT2D eigenvalue weighted by molar-refractivity contribution is 9.10. The van der Waals surface area contributed by atoms with Gasteiger partial charge in [-0.1, -0.05) is 0 Å². The molecule has 2 aromatic heterocycles. The first-order chi connectivity index (χ1) is 8.06. The number of nitrogen functional groups attached to an aromatic ring is 1. The second kappa shape index (κ2) is 4.97. The number of anilines is 2. The summed E-state index contributed by atoms with van der Waals surface area (Å²) in [5.41, 5.74) is 6.61. The van der Waals surface area contributed by atoms with Crippen LogP contribution in [0.4, 0.5) is 11.8 Å². The first-order valence-corrected chi connectivity index (χ1v) is 6.63. The molecule has 0 bridgehead atoms. The van der Waals surface area contributed by atoms with Crippen LogP contribution < -0.4 is 10.6 Å². The van der Waals surface area contributed by atoms with E-state index in [0.717, 1.165) is 21.0 Å². The van der Waals surface area contributed by atoms with Crippen LogP contribution in [0.25, 0.3) is 0 Å². The van der Waals surface area contributed by atoms with E-state index in [4.69, 9.17) is 5.73 Å². The first kappa shape index (κ1) is 12.3. The highest BCUT2D eigenvalue weighted by Gasteiger charge is 2.10. The molecule has 0 amide bonds. The normalized spacial score (nSPS) is 10.5. The molecule has 5 nitrogen and oxygen atoms in total. The van der Waals surface area contributed by atoms with Crippen molar-refractivity contribution < 1.29 is 0 Å². The van der Waals surface area contributed by atoms with Gasteiger partial charge in [0.25, 0.3) is 0 Å². The highest BCUT2D eigenvalue weighted by Crippen LogP contribution is 2.24. The summed E-state index contributed by atoms with van der Waals surface area (Å²) in [6.45, 7) is 2.69. The Morgan fingerprint density at radius 3 is 2.88 bits per heavy atom. The van der Waals surface area contributed by atoms with E-state index >= 15 is 0 Å². The third-order valence-corrected chi connectivity index (χ3v) is 3.55. The summed E-state index contributed by atoms with van der Waals surface area (Å²) in [6.07, 6.45) is 1.65. The maximum atomic E-state index is 5.58. The average Bonchev–Trinajstić information content (AvgIpc) is 2.67. The lowest BCUT2D eigenvalue weighted by atomic mass is 10.4. The van der Waals surface area contributed by atoms with Gasteiger partial charge in [0.2, 0.25) is 5.95 Å². The third kappa shape index (κ3) is 2.92. The maximum absolute atomic E-state index is 5.58. The Bertz CT molecular complexity index is 527. The highest BCUT2D eigenvalue weighted by atomic mass is 79.9. The van der Waals surface area contributed by atoms with Crippen LogP contribution in [0, 0.1) is 6.92 Å². The van der Waals surface area contributed by atoms with Crippen LogP contribution in [0.5, 0.6) is 0 Å². The number of hydrogen-bond acceptors (Lipinski definition) is 6. The minimum absolute atomic E-state index is 0.268. The molecule has 0 aliphatic heterocycles. The van der Waals surface area contributed by atoms with Crippen LogP contribution in [-0.2, 0) is 6.54 Å². The fraction of sp³-hybridized carbons (Fsp3) is 0.300. The monoisotopic (exact) mass is 313 g/mol. The minimum atomic E-state index is 0.268. The molecule has 90 valence electrons. The topological polar surface area (TPSA) is 67.9 Å². The van der Waals surface area contributed by atoms with Crippen molar-refractivity contribution >= 4 is 39.0 Å². The van der Waals surface area contributed by atoms with Gasteiger partial charge in [-0.05, 0) is 22.9 Å². The van der Waals surface area contributed by atoms with Crippen LogP contribution in [0.15, 0.2) is 16.0 Å². The molecule has 0 aromatic carbocycles. The Morgan fingerprint density at radius 1 is 1.47 bits per heavy atom. The lowest BCUT2D eigenvalue weighted by molar-refractivity contribution is 0.863. The molecule has 0 fully saturated rings. The molecule has 2 heterocycles. The Morgan fingerprint density at radius 2 is 2.24 bits per heavy atom. The van der Waals surface area contributed by atoms with E-state index in [0.29, 0.717) is 6.54 Å². The Labute approximate surface area is 112 Å². The van der Waals surface area contributed by atoms with Crippen LogP contribution in [0.3, 0.4) is 0 Å². The maximum Gasteiger partial charge on any atom is 0.222 e. The van der Waals surface area contributed by atoms with Crippen LogP contribution in [0.2, 0.25) is 0 Å². The molecule has 2 N–H and O–H groups in total. The Balaban J connectivity index is 2.19. The number of rotatable bonds is 3. The van der Waals surface area contributed by atoms with Gasteiger partial charge in [0.05, 0.1) is 21.7 Å². The Hall–Kier alpha value is -1.21. The molecule has 0 unspecified atom stereocenters. The second-order valence-corrected chi connectivity index (χ2v) is 5.53. The van der Waals surface area contributed by atoms with E-state index in [1.54, 1.807) is 17.5 Å². The van der Waals surface area contributed by atoms with E-state index in [2.05, 4.69) is 30.9 Å². The van der Waals surface area contributed by atoms with Crippen molar-refractivity contribution in [2.75, 3.05) is 17.7 Å². The van der Waals surface area contributed by atoms with Gasteiger partial charge < -0.3 is 10.6 Å². The number of nitrogens with zero attached hydrogens (tertiary/aromatic N) is 4. The van der Waals surface area contributed by atoms with E-state index in [1.165, 1.54) is 0 Å². The van der Waals surface area contributed by atoms with Crippen molar-refractivity contribution in [3.05, 3.63) is 26.8 Å². The molecule has 0 saturated carbocycles. The fourth-order valence-corrected chi connectivity index (χ4v) is 2.54. The summed E-state index contributed by atoms with van der Waals surface area (Å²) >= 11 is 5.05. The number of thiazole rings is 1. The van der Waals surface area contributed by atoms with Crippen molar-refractivity contribution in [1.82, 2.24) is 15.0 Å². The molecular weight excluding hydrogens is 302 g/mol. The van der Waals surface area contributed by atoms with Crippen molar-refractivity contribution in [2.24, 2.45) is 0 Å². The fourth-order valence-electron chi connectivity index (χ4n) is 1.44. The lowest BCUT2D eigenvalue weighted by Crippen LogP contribution is -2.19. The molecule has 0 saturated heterocycles. The largest absolute Gasteiger partial charge is 0.368 e. The molecule has 2 aromatic rings. The molecule has 17 heavy (non-hydrogen) atoms. The number of halogens is 1. The summed E-state index contributed by atoms with van der Waals surface area (Å²) in [5.74, 6) is 1.03. The summed E-state index contributed by atoms with van der Waals surface area (Å²) in [5, 5.41) is 3.11. The number of aromatic nitrogens is 3. The zero-order valence-corrected chi connectivity index (χ0v) is 11.9. The smallest absolute Gasteiger partial charge is 0.222 e. The second-order valence-electron chi connectivity index (χ2n) is 3.61. The zero-order chi connectivity index (χ0) is 12.4. The summed E-state index contributed by atoms with van der Waals surface area (Å²) < 4.78 is 0.821. The van der Waals surface area contributed by atoms with Crippen molar-refractivity contribution in [3.63, 3.8) is 0 Å². The van der Waals surface area contributed by atoms with E-state index in [1.807, 2.05) is 24.3 Å². The molecule has 2 rings (SSSR count). The van der Waals surface area contributed by atoms with E-state index in [-0.39, 0.29) is 5.95 Å². The summed E-state index contributed by atoms with van der Waals surface area (Å²) in [4.78, 5) is 14.5. The number of nitrogens with two attached hydrogens (primary N) is 1. The van der Waals surface area contributed by atoms with Gasteiger partial charge in [-0.25, -0.2) is 9.97 Å². The quantitative estimate of drug-likeness (QED) is 0.941. The molecule has 0 spiro atoms. The molecule has 0 aliphatic carbocycles. The summed E-state index contributed by atoms with van der Waals surface area (Å²) in [7, 11) is 1.95. The van der Waals surface area contributed by atoms with E-state index in [9.17, 15) is 0 Å². The van der Waals surface area contributed by atoms with Crippen LogP contribution in [0.1, 0.15) is 10.7 Å². The minimum Gasteiger partial charge on any atom is -0.368 e. The Kier molecular flexibility index (Phi) is 3.58. The van der Waals surface area contributed by atoms with Crippen molar-refractivity contribution in [3.8, 4) is 0 Å². The third-order valence-electron chi connectivity index (χ3n) is 2.17. The number of aryl methyl sites for hydroxylation is 1. The van der Waals surface area contributed by atoms with Crippen molar-refractivity contribution in [2.45, 2.75) is 13.5 Å². The standard InChI is InChI=1S/C10H12BrN5S/c1-6-14-7(5-17-6)4-16(2)9-8(11)3-13-10(12)15-9/h3,5H,4H2,1-2H3,(H2,12,13,15). The lowest BCUT2D eigenvalue weighted by Gasteiger charge is -2.18. The summed E-state index contributed by atoms with van der Waals surface area (Å²) in [6, 6.07) is 0. The van der Waals surface area contributed by atoms with Gasteiger partial charge in [-0.2, -0.15) is 4.98 Å². The van der Waals surface area contributed by atoms with Crippen LogP contribution in [-0.4, -0.2) is 22.0 Å². The van der Waals surface area contributed by atoms with Gasteiger partial charge in [0.1, 0.15) is 5.82 Å². The number of hydrogen-bond donors (Lipinski definition) is 1. The zero-order valence-electron chi connectivity index (χ0n) is 9.51. The predicted molar refractivity (Wildman–Crippen MR) is 73.1 cm³/mol. The SMILES string of the molecule is Cc1nc(CN(C)c2nc(N)ncc2Br)cs1. The predicted octanol–water partition coefficient (Wildman–Crippen LogP) is 2.22. The van der Waals surface area contributed by atoms with E-state index < -0.39 is 0 Å². The van der Waals surface area contributed by atoms with Gasteiger partial charge in [-0.15, -0.1) is 11.3 Å². The average molecular weight is 314 g/mol.